The molecule has 68 valence electrons. The van der Waals surface area contributed by atoms with Gasteiger partial charge in [-0.15, -0.1) is 0 Å². The summed E-state index contributed by atoms with van der Waals surface area (Å²) >= 11 is 4.95. The lowest BCUT2D eigenvalue weighted by atomic mass is 10.3. The molecule has 0 N–H and O–H groups in total. The summed E-state index contributed by atoms with van der Waals surface area (Å²) in [7, 11) is 0. The summed E-state index contributed by atoms with van der Waals surface area (Å²) in [4.78, 5) is 14.1. The second kappa shape index (κ2) is 5.32. The smallest absolute Gasteiger partial charge is 0.404 e. The third kappa shape index (κ3) is 4.28. The van der Waals surface area contributed by atoms with E-state index >= 15 is 0 Å². The molecular formula is C9H8ClNO2. The van der Waals surface area contributed by atoms with Gasteiger partial charge in [0, 0.05) is 24.0 Å². The molecular weight excluding hydrogens is 190 g/mol. The number of aromatic nitrogens is 1. The number of carbonyl (C=O) groups is 1. The van der Waals surface area contributed by atoms with Crippen LogP contribution in [0.1, 0.15) is 5.56 Å². The minimum absolute atomic E-state index is 0.178. The van der Waals surface area contributed by atoms with Gasteiger partial charge in [-0.2, -0.15) is 0 Å². The monoisotopic (exact) mass is 197 g/mol. The molecule has 0 amide bonds. The predicted molar refractivity (Wildman–Crippen MR) is 50.5 cm³/mol. The van der Waals surface area contributed by atoms with Crippen LogP contribution in [0.5, 0.6) is 0 Å². The lowest BCUT2D eigenvalue weighted by Gasteiger charge is -1.93. The maximum absolute atomic E-state index is 10.2. The number of hydrogen-bond donors (Lipinski definition) is 0. The minimum atomic E-state index is -0.796. The summed E-state index contributed by atoms with van der Waals surface area (Å²) in [6, 6.07) is 3.72. The predicted octanol–water partition coefficient (Wildman–Crippen LogP) is 2.47. The van der Waals surface area contributed by atoms with Gasteiger partial charge in [0.2, 0.25) is 0 Å². The molecule has 0 atom stereocenters. The summed E-state index contributed by atoms with van der Waals surface area (Å²) in [5, 5.41) is 0. The van der Waals surface area contributed by atoms with Crippen molar-refractivity contribution in [2.45, 2.75) is 0 Å². The van der Waals surface area contributed by atoms with Crippen LogP contribution in [0.15, 0.2) is 30.6 Å². The lowest BCUT2D eigenvalue weighted by molar-refractivity contribution is 0.186. The molecule has 0 fully saturated rings. The molecule has 0 aromatic carbocycles. The van der Waals surface area contributed by atoms with Crippen molar-refractivity contribution in [2.24, 2.45) is 0 Å². The molecule has 0 saturated heterocycles. The summed E-state index contributed by atoms with van der Waals surface area (Å²) in [5.41, 5.74) is 0.156. The zero-order chi connectivity index (χ0) is 9.52. The van der Waals surface area contributed by atoms with Crippen LogP contribution in [-0.4, -0.2) is 17.0 Å². The summed E-state index contributed by atoms with van der Waals surface area (Å²) in [6.45, 7) is 0.178. The Balaban J connectivity index is 2.37. The van der Waals surface area contributed by atoms with E-state index in [1.54, 1.807) is 24.5 Å². The number of rotatable bonds is 3. The Morgan fingerprint density at radius 2 is 2.54 bits per heavy atom. The van der Waals surface area contributed by atoms with Crippen LogP contribution in [0.2, 0.25) is 0 Å². The molecule has 1 aromatic heterocycles. The molecule has 0 aliphatic rings. The van der Waals surface area contributed by atoms with E-state index in [-0.39, 0.29) is 6.61 Å². The van der Waals surface area contributed by atoms with Crippen molar-refractivity contribution >= 4 is 23.1 Å². The number of hydrogen-bond acceptors (Lipinski definition) is 3. The Hall–Kier alpha value is -1.35. The Morgan fingerprint density at radius 1 is 1.69 bits per heavy atom. The highest BCUT2D eigenvalue weighted by atomic mass is 35.5. The lowest BCUT2D eigenvalue weighted by Crippen LogP contribution is -1.92. The van der Waals surface area contributed by atoms with E-state index in [0.717, 1.165) is 5.56 Å². The Morgan fingerprint density at radius 3 is 3.15 bits per heavy atom. The molecule has 0 radical (unpaired) electrons. The van der Waals surface area contributed by atoms with E-state index in [1.165, 1.54) is 0 Å². The van der Waals surface area contributed by atoms with Gasteiger partial charge in [-0.05, 0) is 17.7 Å². The zero-order valence-corrected chi connectivity index (χ0v) is 7.57. The third-order valence-corrected chi connectivity index (χ3v) is 1.40. The quantitative estimate of drug-likeness (QED) is 0.699. The zero-order valence-electron chi connectivity index (χ0n) is 6.81. The number of halogens is 1. The SMILES string of the molecule is O=C(Cl)OCC=Cc1cccnc1. The van der Waals surface area contributed by atoms with E-state index in [4.69, 9.17) is 11.6 Å². The van der Waals surface area contributed by atoms with Crippen molar-refractivity contribution in [1.29, 1.82) is 0 Å². The topological polar surface area (TPSA) is 39.2 Å². The van der Waals surface area contributed by atoms with Crippen molar-refractivity contribution in [1.82, 2.24) is 4.98 Å². The van der Waals surface area contributed by atoms with E-state index in [9.17, 15) is 4.79 Å². The largest absolute Gasteiger partial charge is 0.449 e. The third-order valence-electron chi connectivity index (χ3n) is 1.29. The maximum Gasteiger partial charge on any atom is 0.404 e. The number of pyridine rings is 1. The van der Waals surface area contributed by atoms with Gasteiger partial charge in [-0.1, -0.05) is 12.1 Å². The van der Waals surface area contributed by atoms with Gasteiger partial charge in [0.15, 0.2) is 0 Å². The highest BCUT2D eigenvalue weighted by Gasteiger charge is 1.90. The van der Waals surface area contributed by atoms with E-state index < -0.39 is 5.43 Å². The van der Waals surface area contributed by atoms with Crippen molar-refractivity contribution < 1.29 is 9.53 Å². The number of nitrogens with zero attached hydrogens (tertiary/aromatic N) is 1. The van der Waals surface area contributed by atoms with Crippen molar-refractivity contribution in [3.05, 3.63) is 36.2 Å². The molecule has 3 nitrogen and oxygen atoms in total. The highest BCUT2D eigenvalue weighted by molar-refractivity contribution is 6.61. The number of ether oxygens (including phenoxy) is 1. The summed E-state index contributed by atoms with van der Waals surface area (Å²) in [6.07, 6.45) is 6.89. The van der Waals surface area contributed by atoms with Crippen molar-refractivity contribution in [3.63, 3.8) is 0 Å². The molecule has 1 rings (SSSR count). The van der Waals surface area contributed by atoms with Crippen molar-refractivity contribution in [2.75, 3.05) is 6.61 Å². The minimum Gasteiger partial charge on any atom is -0.449 e. The molecule has 0 aliphatic heterocycles. The number of carbonyl (C=O) groups excluding carboxylic acids is 1. The van der Waals surface area contributed by atoms with Crippen LogP contribution < -0.4 is 0 Å². The van der Waals surface area contributed by atoms with Gasteiger partial charge in [-0.25, -0.2) is 4.79 Å². The van der Waals surface area contributed by atoms with Crippen LogP contribution in [0, 0.1) is 0 Å². The Kier molecular flexibility index (Phi) is 3.99. The van der Waals surface area contributed by atoms with E-state index in [0.29, 0.717) is 0 Å². The fraction of sp³-hybridized carbons (Fsp3) is 0.111. The fourth-order valence-corrected chi connectivity index (χ4v) is 0.835. The van der Waals surface area contributed by atoms with Crippen LogP contribution in [0.4, 0.5) is 4.79 Å². The molecule has 0 unspecified atom stereocenters. The first-order valence-corrected chi connectivity index (χ1v) is 4.05. The van der Waals surface area contributed by atoms with E-state index in [1.807, 2.05) is 12.1 Å². The van der Waals surface area contributed by atoms with Gasteiger partial charge >= 0.3 is 5.43 Å². The van der Waals surface area contributed by atoms with Crippen LogP contribution in [0.25, 0.3) is 6.08 Å². The first kappa shape index (κ1) is 9.74. The molecule has 1 heterocycles. The first-order chi connectivity index (χ1) is 6.29. The molecule has 0 bridgehead atoms. The highest BCUT2D eigenvalue weighted by Crippen LogP contribution is 1.98. The van der Waals surface area contributed by atoms with E-state index in [2.05, 4.69) is 9.72 Å². The summed E-state index contributed by atoms with van der Waals surface area (Å²) < 4.78 is 4.48. The maximum atomic E-state index is 10.2. The normalized spacial score (nSPS) is 10.2. The van der Waals surface area contributed by atoms with Crippen LogP contribution in [-0.2, 0) is 4.74 Å². The molecule has 13 heavy (non-hydrogen) atoms. The molecule has 4 heteroatoms. The molecule has 0 spiro atoms. The first-order valence-electron chi connectivity index (χ1n) is 3.68. The fourth-order valence-electron chi connectivity index (χ4n) is 0.772. The van der Waals surface area contributed by atoms with Gasteiger partial charge in [0.1, 0.15) is 6.61 Å². The van der Waals surface area contributed by atoms with Gasteiger partial charge in [-0.3, -0.25) is 4.98 Å². The van der Waals surface area contributed by atoms with Gasteiger partial charge in [0.05, 0.1) is 0 Å². The summed E-state index contributed by atoms with van der Waals surface area (Å²) in [5.74, 6) is 0. The average molecular weight is 198 g/mol. The molecule has 1 aromatic rings. The van der Waals surface area contributed by atoms with Crippen LogP contribution in [0.3, 0.4) is 0 Å². The van der Waals surface area contributed by atoms with Gasteiger partial charge < -0.3 is 4.74 Å². The second-order valence-electron chi connectivity index (χ2n) is 2.24. The Labute approximate surface area is 81.0 Å². The average Bonchev–Trinajstić information content (AvgIpc) is 2.14. The van der Waals surface area contributed by atoms with Crippen LogP contribution >= 0.6 is 11.6 Å². The van der Waals surface area contributed by atoms with Crippen molar-refractivity contribution in [3.8, 4) is 0 Å². The standard InChI is InChI=1S/C9H8ClNO2/c10-9(12)13-6-2-4-8-3-1-5-11-7-8/h1-5,7H,6H2. The van der Waals surface area contributed by atoms with Gasteiger partial charge in [0.25, 0.3) is 0 Å². The molecule has 0 saturated carbocycles. The molecule has 0 aliphatic carbocycles. The Bertz CT molecular complexity index is 298. The second-order valence-corrected chi connectivity index (χ2v) is 2.55.